The molecule has 0 atom stereocenters. The second-order valence-corrected chi connectivity index (χ2v) is 5.73. The zero-order valence-corrected chi connectivity index (χ0v) is 11.8. The van der Waals surface area contributed by atoms with Crippen molar-refractivity contribution in [3.63, 3.8) is 0 Å². The Morgan fingerprint density at radius 2 is 2.00 bits per heavy atom. The number of carbonyl (C=O) groups excluding carboxylic acids is 1. The number of nitrogens with zero attached hydrogens (tertiary/aromatic N) is 2. The van der Waals surface area contributed by atoms with Crippen molar-refractivity contribution in [3.8, 4) is 0 Å². The van der Waals surface area contributed by atoms with E-state index in [0.29, 0.717) is 24.2 Å². The Bertz CT molecular complexity index is 682. The summed E-state index contributed by atoms with van der Waals surface area (Å²) >= 11 is 1.55. The van der Waals surface area contributed by atoms with Crippen LogP contribution in [0, 0.1) is 20.8 Å². The van der Waals surface area contributed by atoms with Gasteiger partial charge in [0.25, 0.3) is 5.56 Å². The quantitative estimate of drug-likeness (QED) is 0.855. The van der Waals surface area contributed by atoms with Crippen LogP contribution in [0.1, 0.15) is 29.6 Å². The highest BCUT2D eigenvalue weighted by Crippen LogP contribution is 2.26. The van der Waals surface area contributed by atoms with Crippen molar-refractivity contribution in [2.45, 2.75) is 40.7 Å². The number of thiophene rings is 1. The van der Waals surface area contributed by atoms with Crippen molar-refractivity contribution in [2.75, 3.05) is 0 Å². The second kappa shape index (κ2) is 4.65. The molecule has 4 nitrogen and oxygen atoms in total. The zero-order chi connectivity index (χ0) is 13.4. The van der Waals surface area contributed by atoms with Crippen molar-refractivity contribution in [3.05, 3.63) is 26.6 Å². The van der Waals surface area contributed by atoms with Gasteiger partial charge in [-0.15, -0.1) is 11.3 Å². The first-order valence-electron chi connectivity index (χ1n) is 5.88. The first kappa shape index (κ1) is 13.0. The maximum atomic E-state index is 12.4. The number of ketones is 1. The zero-order valence-electron chi connectivity index (χ0n) is 11.0. The molecule has 2 aromatic heterocycles. The van der Waals surface area contributed by atoms with Crippen LogP contribution in [0.5, 0.6) is 0 Å². The van der Waals surface area contributed by atoms with Gasteiger partial charge in [0.05, 0.1) is 5.39 Å². The van der Waals surface area contributed by atoms with E-state index in [1.165, 1.54) is 6.92 Å². The largest absolute Gasteiger partial charge is 0.300 e. The molecule has 0 N–H and O–H groups in total. The number of hydrogen-bond acceptors (Lipinski definition) is 4. The van der Waals surface area contributed by atoms with Crippen LogP contribution in [-0.4, -0.2) is 15.3 Å². The maximum Gasteiger partial charge on any atom is 0.262 e. The van der Waals surface area contributed by atoms with Gasteiger partial charge in [-0.25, -0.2) is 4.98 Å². The minimum atomic E-state index is -0.0272. The van der Waals surface area contributed by atoms with Gasteiger partial charge in [0, 0.05) is 17.8 Å². The average molecular weight is 264 g/mol. The van der Waals surface area contributed by atoms with Crippen LogP contribution in [-0.2, 0) is 11.3 Å². The van der Waals surface area contributed by atoms with E-state index in [2.05, 4.69) is 4.98 Å². The lowest BCUT2D eigenvalue weighted by molar-refractivity contribution is -0.117. The summed E-state index contributed by atoms with van der Waals surface area (Å²) < 4.78 is 1.60. The van der Waals surface area contributed by atoms with Crippen LogP contribution in [0.25, 0.3) is 10.2 Å². The summed E-state index contributed by atoms with van der Waals surface area (Å²) in [7, 11) is 0. The molecule has 2 rings (SSSR count). The topological polar surface area (TPSA) is 52.0 Å². The molecule has 0 aliphatic heterocycles. The summed E-state index contributed by atoms with van der Waals surface area (Å²) in [4.78, 5) is 29.8. The van der Waals surface area contributed by atoms with Gasteiger partial charge >= 0.3 is 0 Å². The number of aromatic nitrogens is 2. The van der Waals surface area contributed by atoms with E-state index in [9.17, 15) is 9.59 Å². The summed E-state index contributed by atoms with van der Waals surface area (Å²) in [6, 6.07) is 0. The summed E-state index contributed by atoms with van der Waals surface area (Å²) in [5, 5.41) is 0.701. The van der Waals surface area contributed by atoms with E-state index in [1.54, 1.807) is 15.9 Å². The van der Waals surface area contributed by atoms with Crippen LogP contribution in [0.15, 0.2) is 4.79 Å². The van der Waals surface area contributed by atoms with Gasteiger partial charge in [0.1, 0.15) is 16.4 Å². The Labute approximate surface area is 109 Å². The summed E-state index contributed by atoms with van der Waals surface area (Å²) in [5.74, 6) is 0.759. The third-order valence-corrected chi connectivity index (χ3v) is 4.27. The van der Waals surface area contributed by atoms with E-state index in [1.807, 2.05) is 20.8 Å². The van der Waals surface area contributed by atoms with Crippen molar-refractivity contribution < 1.29 is 4.79 Å². The molecule has 0 amide bonds. The summed E-state index contributed by atoms with van der Waals surface area (Å²) in [6.07, 6.45) is 0.371. The number of fused-ring (bicyclic) bond motifs is 1. The van der Waals surface area contributed by atoms with Gasteiger partial charge in [-0.3, -0.25) is 14.2 Å². The van der Waals surface area contributed by atoms with Crippen molar-refractivity contribution in [1.29, 1.82) is 0 Å². The number of aryl methyl sites for hydroxylation is 3. The molecule has 0 spiro atoms. The maximum absolute atomic E-state index is 12.4. The molecule has 0 fully saturated rings. The van der Waals surface area contributed by atoms with Gasteiger partial charge in [-0.05, 0) is 33.3 Å². The van der Waals surface area contributed by atoms with Gasteiger partial charge < -0.3 is 0 Å². The molecule has 18 heavy (non-hydrogen) atoms. The van der Waals surface area contributed by atoms with Crippen LogP contribution in [0.4, 0.5) is 0 Å². The highest BCUT2D eigenvalue weighted by molar-refractivity contribution is 7.18. The number of Topliss-reactive ketones (excluding diaryl/α,β-unsaturated/α-hetero) is 1. The fourth-order valence-electron chi connectivity index (χ4n) is 1.96. The second-order valence-electron chi connectivity index (χ2n) is 4.53. The molecule has 0 aromatic carbocycles. The fourth-order valence-corrected chi connectivity index (χ4v) is 3.03. The summed E-state index contributed by atoms with van der Waals surface area (Å²) in [5.41, 5.74) is 0.977. The Kier molecular flexibility index (Phi) is 3.34. The predicted molar refractivity (Wildman–Crippen MR) is 73.4 cm³/mol. The van der Waals surface area contributed by atoms with Crippen LogP contribution in [0.3, 0.4) is 0 Å². The Morgan fingerprint density at radius 3 is 2.61 bits per heavy atom. The lowest BCUT2D eigenvalue weighted by atomic mass is 10.2. The van der Waals surface area contributed by atoms with Crippen molar-refractivity contribution in [1.82, 2.24) is 9.55 Å². The first-order chi connectivity index (χ1) is 8.41. The average Bonchev–Trinajstić information content (AvgIpc) is 2.53. The Morgan fingerprint density at radius 1 is 1.33 bits per heavy atom. The summed E-state index contributed by atoms with van der Waals surface area (Å²) in [6.45, 7) is 7.70. The molecule has 0 aliphatic rings. The molecule has 0 aliphatic carbocycles. The number of rotatable bonds is 3. The van der Waals surface area contributed by atoms with Crippen LogP contribution in [0.2, 0.25) is 0 Å². The lowest BCUT2D eigenvalue weighted by Crippen LogP contribution is -2.24. The fraction of sp³-hybridized carbons (Fsp3) is 0.462. The van der Waals surface area contributed by atoms with Gasteiger partial charge in [-0.1, -0.05) is 0 Å². The monoisotopic (exact) mass is 264 g/mol. The van der Waals surface area contributed by atoms with Crippen molar-refractivity contribution >= 4 is 27.3 Å². The molecule has 5 heteroatoms. The third-order valence-electron chi connectivity index (χ3n) is 3.17. The number of carbonyl (C=O) groups is 1. The molecule has 0 bridgehead atoms. The van der Waals surface area contributed by atoms with E-state index in [0.717, 1.165) is 15.3 Å². The van der Waals surface area contributed by atoms with E-state index in [4.69, 9.17) is 0 Å². The van der Waals surface area contributed by atoms with E-state index >= 15 is 0 Å². The normalized spacial score (nSPS) is 11.1. The molecule has 2 aromatic rings. The molecule has 96 valence electrons. The Balaban J connectivity index is 2.64. The van der Waals surface area contributed by atoms with Crippen LogP contribution >= 0.6 is 11.3 Å². The Hall–Kier alpha value is -1.49. The predicted octanol–water partition coefficient (Wildman–Crippen LogP) is 2.36. The molecular formula is C13H16N2O2S. The van der Waals surface area contributed by atoms with E-state index in [-0.39, 0.29) is 11.3 Å². The minimum Gasteiger partial charge on any atom is -0.300 e. The highest BCUT2D eigenvalue weighted by Gasteiger charge is 2.14. The van der Waals surface area contributed by atoms with E-state index < -0.39 is 0 Å². The molecule has 0 unspecified atom stereocenters. The van der Waals surface area contributed by atoms with Gasteiger partial charge in [0.15, 0.2) is 0 Å². The highest BCUT2D eigenvalue weighted by atomic mass is 32.1. The SMILES string of the molecule is CC(=O)CCn1c(C)nc2sc(C)c(C)c2c1=O. The molecule has 0 saturated carbocycles. The molecule has 2 heterocycles. The molecule has 0 saturated heterocycles. The van der Waals surface area contributed by atoms with Crippen LogP contribution < -0.4 is 5.56 Å². The third kappa shape index (κ3) is 2.10. The lowest BCUT2D eigenvalue weighted by Gasteiger charge is -2.08. The molecular weight excluding hydrogens is 248 g/mol. The minimum absolute atomic E-state index is 0.0272. The van der Waals surface area contributed by atoms with Crippen molar-refractivity contribution in [2.24, 2.45) is 0 Å². The van der Waals surface area contributed by atoms with Gasteiger partial charge in [-0.2, -0.15) is 0 Å². The first-order valence-corrected chi connectivity index (χ1v) is 6.70. The van der Waals surface area contributed by atoms with Gasteiger partial charge in [0.2, 0.25) is 0 Å². The standard InChI is InChI=1S/C13H16N2O2S/c1-7(16)5-6-15-10(4)14-12-11(13(15)17)8(2)9(3)18-12/h5-6H2,1-4H3. The number of hydrogen-bond donors (Lipinski definition) is 0. The smallest absolute Gasteiger partial charge is 0.262 e. The molecule has 0 radical (unpaired) electrons.